The molecular weight excluding hydrogens is 208 g/mol. The summed E-state index contributed by atoms with van der Waals surface area (Å²) in [5.41, 5.74) is 0. The maximum Gasteiger partial charge on any atom is 0.164 e. The van der Waals surface area contributed by atoms with E-state index in [-0.39, 0.29) is 10.6 Å². The number of halogens is 3. The van der Waals surface area contributed by atoms with Crippen molar-refractivity contribution in [2.24, 2.45) is 0 Å². The van der Waals surface area contributed by atoms with Gasteiger partial charge in [0.05, 0.1) is 2.74 Å². The lowest BCUT2D eigenvalue weighted by atomic mass is 10.5. The van der Waals surface area contributed by atoms with E-state index in [1.54, 1.807) is 0 Å². The van der Waals surface area contributed by atoms with Gasteiger partial charge in [0.1, 0.15) is 0 Å². The first kappa shape index (κ1) is 4.63. The van der Waals surface area contributed by atoms with Crippen LogP contribution in [0.4, 0.5) is 4.39 Å². The normalized spacial score (nSPS) is 12.8. The van der Waals surface area contributed by atoms with Gasteiger partial charge in [-0.05, 0) is 22.0 Å². The molecule has 0 aromatic carbocycles. The minimum Gasteiger partial charge on any atom is -0.240 e. The second-order valence-electron chi connectivity index (χ2n) is 1.27. The van der Waals surface area contributed by atoms with Crippen LogP contribution >= 0.6 is 27.5 Å². The summed E-state index contributed by atoms with van der Waals surface area (Å²) >= 11 is 8.07. The van der Waals surface area contributed by atoms with Crippen molar-refractivity contribution in [2.45, 2.75) is 0 Å². The highest BCUT2D eigenvalue weighted by atomic mass is 79.9. The molecule has 1 aromatic heterocycles. The summed E-state index contributed by atoms with van der Waals surface area (Å²) in [7, 11) is 0. The summed E-state index contributed by atoms with van der Waals surface area (Å²) in [4.78, 5) is 3.32. The molecule has 9 heavy (non-hydrogen) atoms. The molecule has 0 spiro atoms. The molecule has 0 N–H and O–H groups in total. The smallest absolute Gasteiger partial charge is 0.164 e. The summed E-state index contributed by atoms with van der Waals surface area (Å²) in [6, 6.07) is -0.435. The van der Waals surface area contributed by atoms with E-state index in [4.69, 9.17) is 14.3 Å². The van der Waals surface area contributed by atoms with Gasteiger partial charge in [0.2, 0.25) is 0 Å². The Labute approximate surface area is 67.8 Å². The van der Waals surface area contributed by atoms with Crippen LogP contribution in [0.25, 0.3) is 0 Å². The van der Waals surface area contributed by atoms with Crippen molar-refractivity contribution in [2.75, 3.05) is 0 Å². The fraction of sp³-hybridized carbons (Fsp3) is 0. The van der Waals surface area contributed by atoms with E-state index < -0.39 is 17.0 Å². The van der Waals surface area contributed by atoms with Crippen LogP contribution in [0, 0.1) is 5.82 Å². The van der Waals surface area contributed by atoms with Crippen molar-refractivity contribution < 1.29 is 7.13 Å². The largest absolute Gasteiger partial charge is 0.240 e. The highest BCUT2D eigenvalue weighted by molar-refractivity contribution is 9.10. The van der Waals surface area contributed by atoms with E-state index in [0.29, 0.717) is 0 Å². The summed E-state index contributed by atoms with van der Waals surface area (Å²) in [5.74, 6) is -0.908. The van der Waals surface area contributed by atoms with Gasteiger partial charge in [-0.25, -0.2) is 9.37 Å². The van der Waals surface area contributed by atoms with Crippen molar-refractivity contribution in [3.63, 3.8) is 0 Å². The molecule has 0 aliphatic heterocycles. The topological polar surface area (TPSA) is 12.9 Å². The van der Waals surface area contributed by atoms with E-state index in [0.717, 1.165) is 0 Å². The Morgan fingerprint density at radius 2 is 2.56 bits per heavy atom. The van der Waals surface area contributed by atoms with Gasteiger partial charge < -0.3 is 0 Å². The molecule has 0 aliphatic rings. The van der Waals surface area contributed by atoms with Gasteiger partial charge in [0.15, 0.2) is 11.0 Å². The monoisotopic (exact) mass is 211 g/mol. The standard InChI is InChI=1S/C5H2BrClFN/c6-3-1-4(8)5(7)9-2-3/h1-2H/i1D,2D. The van der Waals surface area contributed by atoms with Crippen molar-refractivity contribution in [3.05, 3.63) is 27.7 Å². The number of hydrogen-bond donors (Lipinski definition) is 0. The number of nitrogens with zero attached hydrogens (tertiary/aromatic N) is 1. The number of hydrogen-bond acceptors (Lipinski definition) is 1. The van der Waals surface area contributed by atoms with Gasteiger partial charge in [-0.3, -0.25) is 0 Å². The summed E-state index contributed by atoms with van der Waals surface area (Å²) in [6.45, 7) is 0. The van der Waals surface area contributed by atoms with Crippen LogP contribution in [-0.2, 0) is 0 Å². The van der Waals surface area contributed by atoms with Crippen molar-refractivity contribution >= 4 is 27.5 Å². The van der Waals surface area contributed by atoms with Crippen LogP contribution in [0.15, 0.2) is 16.7 Å². The van der Waals surface area contributed by atoms with Gasteiger partial charge in [-0.2, -0.15) is 0 Å². The third-order valence-electron chi connectivity index (χ3n) is 0.653. The lowest BCUT2D eigenvalue weighted by Crippen LogP contribution is -1.79. The molecule has 0 unspecified atom stereocenters. The molecule has 0 amide bonds. The van der Waals surface area contributed by atoms with Crippen LogP contribution in [0.1, 0.15) is 2.74 Å². The average Bonchev–Trinajstić information content (AvgIpc) is 1.97. The Kier molecular flexibility index (Phi) is 1.35. The first-order chi connectivity index (χ1) is 5.04. The Hall–Kier alpha value is -0.150. The molecule has 48 valence electrons. The van der Waals surface area contributed by atoms with Gasteiger partial charge in [0, 0.05) is 10.6 Å². The van der Waals surface area contributed by atoms with Gasteiger partial charge >= 0.3 is 0 Å². The molecule has 0 atom stereocenters. The molecule has 0 saturated carbocycles. The number of pyridine rings is 1. The molecule has 0 radical (unpaired) electrons. The Balaban J connectivity index is 3.46. The van der Waals surface area contributed by atoms with E-state index >= 15 is 0 Å². The van der Waals surface area contributed by atoms with E-state index in [2.05, 4.69) is 20.9 Å². The van der Waals surface area contributed by atoms with Crippen LogP contribution in [0.3, 0.4) is 0 Å². The van der Waals surface area contributed by atoms with Crippen LogP contribution in [0.2, 0.25) is 5.15 Å². The molecule has 4 heteroatoms. The Morgan fingerprint density at radius 1 is 1.89 bits per heavy atom. The third-order valence-corrected chi connectivity index (χ3v) is 1.28. The molecule has 0 aliphatic carbocycles. The first-order valence-corrected chi connectivity index (χ1v) is 3.19. The summed E-state index contributed by atoms with van der Waals surface area (Å²) < 4.78 is 26.8. The third kappa shape index (κ3) is 1.63. The SMILES string of the molecule is [2H]c1nc(Cl)c(F)c([2H])c1Br. The molecule has 1 nitrogen and oxygen atoms in total. The minimum absolute atomic E-state index is 0.0133. The molecule has 0 fully saturated rings. The second kappa shape index (κ2) is 2.62. The van der Waals surface area contributed by atoms with Crippen molar-refractivity contribution in [1.82, 2.24) is 4.98 Å². The van der Waals surface area contributed by atoms with E-state index in [1.165, 1.54) is 0 Å². The van der Waals surface area contributed by atoms with Crippen LogP contribution in [0.5, 0.6) is 0 Å². The predicted molar refractivity (Wildman–Crippen MR) is 36.9 cm³/mol. The molecule has 1 aromatic rings. The quantitative estimate of drug-likeness (QED) is 0.603. The van der Waals surface area contributed by atoms with Gasteiger partial charge in [-0.15, -0.1) is 0 Å². The lowest BCUT2D eigenvalue weighted by molar-refractivity contribution is 0.621. The maximum absolute atomic E-state index is 12.7. The second-order valence-corrected chi connectivity index (χ2v) is 2.42. The molecular formula is C5H2BrClFN. The van der Waals surface area contributed by atoms with Crippen LogP contribution < -0.4 is 0 Å². The fourth-order valence-electron chi connectivity index (χ4n) is 0.323. The molecule has 0 saturated heterocycles. The van der Waals surface area contributed by atoms with E-state index in [1.807, 2.05) is 0 Å². The predicted octanol–water partition coefficient (Wildman–Crippen LogP) is 2.64. The zero-order chi connectivity index (χ0) is 8.59. The van der Waals surface area contributed by atoms with Crippen molar-refractivity contribution in [1.29, 1.82) is 0 Å². The zero-order valence-corrected chi connectivity index (χ0v) is 6.42. The molecule has 1 rings (SSSR count). The summed E-state index contributed by atoms with van der Waals surface area (Å²) in [5, 5.41) is -0.441. The zero-order valence-electron chi connectivity index (χ0n) is 6.08. The van der Waals surface area contributed by atoms with Crippen molar-refractivity contribution in [3.8, 4) is 0 Å². The highest BCUT2D eigenvalue weighted by Crippen LogP contribution is 2.15. The average molecular weight is 212 g/mol. The lowest BCUT2D eigenvalue weighted by Gasteiger charge is -1.90. The number of aromatic nitrogens is 1. The molecule has 0 bridgehead atoms. The maximum atomic E-state index is 12.7. The minimum atomic E-state index is -0.908. The van der Waals surface area contributed by atoms with Gasteiger partial charge in [0.25, 0.3) is 0 Å². The van der Waals surface area contributed by atoms with E-state index in [9.17, 15) is 4.39 Å². The molecule has 1 heterocycles. The fourth-order valence-corrected chi connectivity index (χ4v) is 0.675. The van der Waals surface area contributed by atoms with Crippen LogP contribution in [-0.4, -0.2) is 4.98 Å². The Bertz CT molecular complexity index is 281. The summed E-state index contributed by atoms with van der Waals surface area (Å²) in [6.07, 6.45) is -0.235. The highest BCUT2D eigenvalue weighted by Gasteiger charge is 1.98. The first-order valence-electron chi connectivity index (χ1n) is 3.01. The Morgan fingerprint density at radius 3 is 3.22 bits per heavy atom. The van der Waals surface area contributed by atoms with Gasteiger partial charge in [-0.1, -0.05) is 11.6 Å². The number of rotatable bonds is 0.